The molecule has 1 unspecified atom stereocenters. The fourth-order valence-corrected chi connectivity index (χ4v) is 2.14. The highest BCUT2D eigenvalue weighted by Crippen LogP contribution is 2.10. The molecule has 0 aliphatic carbocycles. The second-order valence-electron chi connectivity index (χ2n) is 5.22. The standard InChI is InChI=1S/C16H20FN3O/c1-11-10-18-16(19-11)12(2)20-15(21)5-3-4-13-6-8-14(17)9-7-13/h6-10,12H,3-5H2,1-2H3,(H,18,19)(H,20,21). The van der Waals surface area contributed by atoms with Crippen molar-refractivity contribution in [1.82, 2.24) is 15.3 Å². The van der Waals surface area contributed by atoms with Crippen LogP contribution in [-0.4, -0.2) is 15.9 Å². The van der Waals surface area contributed by atoms with Crippen molar-refractivity contribution < 1.29 is 9.18 Å². The van der Waals surface area contributed by atoms with E-state index in [-0.39, 0.29) is 17.8 Å². The van der Waals surface area contributed by atoms with Gasteiger partial charge in [0, 0.05) is 18.3 Å². The molecule has 1 heterocycles. The Morgan fingerprint density at radius 2 is 2.10 bits per heavy atom. The van der Waals surface area contributed by atoms with Gasteiger partial charge in [0.25, 0.3) is 0 Å². The van der Waals surface area contributed by atoms with Gasteiger partial charge in [0.05, 0.1) is 6.04 Å². The molecule has 0 saturated heterocycles. The lowest BCUT2D eigenvalue weighted by molar-refractivity contribution is -0.121. The zero-order chi connectivity index (χ0) is 15.2. The predicted molar refractivity (Wildman–Crippen MR) is 79.2 cm³/mol. The van der Waals surface area contributed by atoms with Gasteiger partial charge in [0.2, 0.25) is 5.91 Å². The summed E-state index contributed by atoms with van der Waals surface area (Å²) in [6.07, 6.45) is 3.69. The summed E-state index contributed by atoms with van der Waals surface area (Å²) < 4.78 is 12.8. The number of H-pyrrole nitrogens is 1. The topological polar surface area (TPSA) is 57.8 Å². The van der Waals surface area contributed by atoms with Crippen LogP contribution in [-0.2, 0) is 11.2 Å². The molecule has 0 fully saturated rings. The summed E-state index contributed by atoms with van der Waals surface area (Å²) in [5.41, 5.74) is 2.02. The number of rotatable bonds is 6. The summed E-state index contributed by atoms with van der Waals surface area (Å²) in [5, 5.41) is 2.91. The number of amides is 1. The number of halogens is 1. The van der Waals surface area contributed by atoms with Gasteiger partial charge in [-0.3, -0.25) is 4.79 Å². The Morgan fingerprint density at radius 3 is 2.71 bits per heavy atom. The van der Waals surface area contributed by atoms with E-state index in [1.165, 1.54) is 12.1 Å². The van der Waals surface area contributed by atoms with Crippen molar-refractivity contribution in [2.45, 2.75) is 39.2 Å². The third-order valence-corrected chi connectivity index (χ3v) is 3.29. The molecule has 2 aromatic rings. The molecule has 2 N–H and O–H groups in total. The maximum Gasteiger partial charge on any atom is 0.220 e. The maximum atomic E-state index is 12.8. The average Bonchev–Trinajstić information content (AvgIpc) is 2.88. The number of hydrogen-bond donors (Lipinski definition) is 2. The van der Waals surface area contributed by atoms with Crippen LogP contribution in [0.1, 0.15) is 42.9 Å². The molecule has 1 amide bonds. The van der Waals surface area contributed by atoms with E-state index < -0.39 is 0 Å². The van der Waals surface area contributed by atoms with Gasteiger partial charge in [-0.1, -0.05) is 12.1 Å². The average molecular weight is 289 g/mol. The Morgan fingerprint density at radius 1 is 1.38 bits per heavy atom. The van der Waals surface area contributed by atoms with Crippen LogP contribution < -0.4 is 5.32 Å². The molecule has 0 aliphatic rings. The SMILES string of the molecule is Cc1cnc(C(C)NC(=O)CCCc2ccc(F)cc2)[nH]1. The fourth-order valence-electron chi connectivity index (χ4n) is 2.14. The van der Waals surface area contributed by atoms with Crippen molar-refractivity contribution in [3.8, 4) is 0 Å². The van der Waals surface area contributed by atoms with Gasteiger partial charge in [0.15, 0.2) is 0 Å². The minimum absolute atomic E-state index is 0.00124. The Labute approximate surface area is 123 Å². The number of imidazole rings is 1. The highest BCUT2D eigenvalue weighted by atomic mass is 19.1. The molecule has 1 aromatic carbocycles. The van der Waals surface area contributed by atoms with Gasteiger partial charge in [-0.05, 0) is 44.4 Å². The number of carbonyl (C=O) groups is 1. The number of hydrogen-bond acceptors (Lipinski definition) is 2. The highest BCUT2D eigenvalue weighted by molar-refractivity contribution is 5.76. The van der Waals surface area contributed by atoms with Crippen molar-refractivity contribution in [2.75, 3.05) is 0 Å². The molecule has 2 rings (SSSR count). The highest BCUT2D eigenvalue weighted by Gasteiger charge is 2.11. The molecule has 1 aromatic heterocycles. The Hall–Kier alpha value is -2.17. The summed E-state index contributed by atoms with van der Waals surface area (Å²) in [7, 11) is 0. The monoisotopic (exact) mass is 289 g/mol. The van der Waals surface area contributed by atoms with E-state index in [9.17, 15) is 9.18 Å². The Balaban J connectivity index is 1.73. The summed E-state index contributed by atoms with van der Waals surface area (Å²) >= 11 is 0. The van der Waals surface area contributed by atoms with Crippen LogP contribution in [0.2, 0.25) is 0 Å². The molecular weight excluding hydrogens is 269 g/mol. The first-order valence-corrected chi connectivity index (χ1v) is 7.10. The number of aryl methyl sites for hydroxylation is 2. The van der Waals surface area contributed by atoms with Crippen molar-refractivity contribution in [3.63, 3.8) is 0 Å². The smallest absolute Gasteiger partial charge is 0.220 e. The zero-order valence-electron chi connectivity index (χ0n) is 12.3. The third kappa shape index (κ3) is 4.70. The van der Waals surface area contributed by atoms with Crippen molar-refractivity contribution in [1.29, 1.82) is 0 Å². The lowest BCUT2D eigenvalue weighted by Crippen LogP contribution is -2.27. The van der Waals surface area contributed by atoms with Crippen LogP contribution >= 0.6 is 0 Å². The van der Waals surface area contributed by atoms with Crippen LogP contribution in [0.15, 0.2) is 30.5 Å². The van der Waals surface area contributed by atoms with Gasteiger partial charge >= 0.3 is 0 Å². The summed E-state index contributed by atoms with van der Waals surface area (Å²) in [4.78, 5) is 19.2. The van der Waals surface area contributed by atoms with Gasteiger partial charge in [-0.25, -0.2) is 9.37 Å². The second-order valence-corrected chi connectivity index (χ2v) is 5.22. The van der Waals surface area contributed by atoms with Crippen molar-refractivity contribution in [3.05, 3.63) is 53.4 Å². The molecule has 4 nitrogen and oxygen atoms in total. The number of carbonyl (C=O) groups excluding carboxylic acids is 1. The van der Waals surface area contributed by atoms with E-state index in [4.69, 9.17) is 0 Å². The molecular formula is C16H20FN3O. The zero-order valence-corrected chi connectivity index (χ0v) is 12.3. The molecule has 0 bridgehead atoms. The molecule has 0 saturated carbocycles. The minimum atomic E-state index is -0.237. The van der Waals surface area contributed by atoms with Crippen LogP contribution in [0.4, 0.5) is 4.39 Å². The van der Waals surface area contributed by atoms with E-state index in [0.717, 1.165) is 29.9 Å². The van der Waals surface area contributed by atoms with E-state index in [0.29, 0.717) is 6.42 Å². The molecule has 21 heavy (non-hydrogen) atoms. The summed E-state index contributed by atoms with van der Waals surface area (Å²) in [5.74, 6) is 0.525. The number of aromatic nitrogens is 2. The predicted octanol–water partition coefficient (Wildman–Crippen LogP) is 3.06. The maximum absolute atomic E-state index is 12.8. The summed E-state index contributed by atoms with van der Waals surface area (Å²) in [6, 6.07) is 6.26. The first kappa shape index (κ1) is 15.2. The van der Waals surface area contributed by atoms with E-state index in [1.54, 1.807) is 18.3 Å². The molecule has 112 valence electrons. The first-order valence-electron chi connectivity index (χ1n) is 7.10. The van der Waals surface area contributed by atoms with Gasteiger partial charge in [-0.15, -0.1) is 0 Å². The van der Waals surface area contributed by atoms with Crippen molar-refractivity contribution >= 4 is 5.91 Å². The molecule has 0 aliphatic heterocycles. The summed E-state index contributed by atoms with van der Waals surface area (Å²) in [6.45, 7) is 3.82. The number of nitrogens with one attached hydrogen (secondary N) is 2. The largest absolute Gasteiger partial charge is 0.346 e. The molecule has 0 spiro atoms. The second kappa shape index (κ2) is 7.02. The Bertz CT molecular complexity index is 592. The van der Waals surface area contributed by atoms with Gasteiger partial charge in [-0.2, -0.15) is 0 Å². The van der Waals surface area contributed by atoms with Gasteiger partial charge < -0.3 is 10.3 Å². The van der Waals surface area contributed by atoms with E-state index in [2.05, 4.69) is 15.3 Å². The Kier molecular flexibility index (Phi) is 5.09. The molecule has 0 radical (unpaired) electrons. The van der Waals surface area contributed by atoms with Gasteiger partial charge in [0.1, 0.15) is 11.6 Å². The normalized spacial score (nSPS) is 12.1. The first-order chi connectivity index (χ1) is 10.0. The number of aromatic amines is 1. The third-order valence-electron chi connectivity index (χ3n) is 3.29. The lowest BCUT2D eigenvalue weighted by atomic mass is 10.1. The van der Waals surface area contributed by atoms with Crippen LogP contribution in [0, 0.1) is 12.7 Å². The minimum Gasteiger partial charge on any atom is -0.346 e. The van der Waals surface area contributed by atoms with Crippen LogP contribution in [0.5, 0.6) is 0 Å². The van der Waals surface area contributed by atoms with E-state index in [1.807, 2.05) is 13.8 Å². The van der Waals surface area contributed by atoms with Crippen LogP contribution in [0.25, 0.3) is 0 Å². The molecule has 5 heteroatoms. The van der Waals surface area contributed by atoms with E-state index >= 15 is 0 Å². The number of benzene rings is 1. The number of nitrogens with zero attached hydrogens (tertiary/aromatic N) is 1. The quantitative estimate of drug-likeness (QED) is 0.858. The lowest BCUT2D eigenvalue weighted by Gasteiger charge is -2.11. The molecule has 1 atom stereocenters. The fraction of sp³-hybridized carbons (Fsp3) is 0.375. The van der Waals surface area contributed by atoms with Crippen LogP contribution in [0.3, 0.4) is 0 Å². The van der Waals surface area contributed by atoms with Crippen molar-refractivity contribution in [2.24, 2.45) is 0 Å².